The normalized spacial score (nSPS) is 11.4. The number of hydrogen-bond acceptors (Lipinski definition) is 6. The van der Waals surface area contributed by atoms with E-state index in [-0.39, 0.29) is 5.91 Å². The fourth-order valence-corrected chi connectivity index (χ4v) is 3.78. The van der Waals surface area contributed by atoms with Crippen LogP contribution in [0.5, 0.6) is 11.5 Å². The van der Waals surface area contributed by atoms with Crippen LogP contribution in [0.25, 0.3) is 5.52 Å². The number of ether oxygens (including phenoxy) is 1. The Hall–Kier alpha value is -5.16. The first kappa shape index (κ1) is 22.6. The van der Waals surface area contributed by atoms with Crippen molar-refractivity contribution in [2.45, 2.75) is 13.0 Å². The summed E-state index contributed by atoms with van der Waals surface area (Å²) in [5, 5.41) is 20.2. The van der Waals surface area contributed by atoms with Gasteiger partial charge in [-0.25, -0.2) is 4.52 Å². The number of nitrogens with one attached hydrogen (secondary N) is 2. The molecule has 5 rings (SSSR count). The van der Waals surface area contributed by atoms with Crippen molar-refractivity contribution in [1.29, 1.82) is 5.26 Å². The molecule has 2 aromatic carbocycles. The first-order valence-corrected chi connectivity index (χ1v) is 11.3. The molecule has 0 spiro atoms. The molecule has 8 heteroatoms. The Morgan fingerprint density at radius 3 is 2.53 bits per heavy atom. The van der Waals surface area contributed by atoms with Crippen molar-refractivity contribution in [2.24, 2.45) is 0 Å². The number of hydrogen-bond donors (Lipinski definition) is 2. The van der Waals surface area contributed by atoms with Crippen molar-refractivity contribution in [3.05, 3.63) is 114 Å². The van der Waals surface area contributed by atoms with Crippen LogP contribution in [-0.4, -0.2) is 20.5 Å². The lowest BCUT2D eigenvalue weighted by Crippen LogP contribution is -2.28. The number of aryl methyl sites for hydroxylation is 1. The van der Waals surface area contributed by atoms with Gasteiger partial charge in [0, 0.05) is 24.3 Å². The van der Waals surface area contributed by atoms with E-state index < -0.39 is 6.04 Å². The monoisotopic (exact) mass is 474 g/mol. The van der Waals surface area contributed by atoms with E-state index in [0.29, 0.717) is 22.7 Å². The summed E-state index contributed by atoms with van der Waals surface area (Å²) in [7, 11) is 0. The van der Waals surface area contributed by atoms with Crippen molar-refractivity contribution in [3.63, 3.8) is 0 Å². The topological polar surface area (TPSA) is 104 Å². The molecule has 5 aromatic rings. The Morgan fingerprint density at radius 2 is 1.78 bits per heavy atom. The van der Waals surface area contributed by atoms with Crippen molar-refractivity contribution in [3.8, 4) is 17.6 Å². The Balaban J connectivity index is 1.35. The average molecular weight is 475 g/mol. The van der Waals surface area contributed by atoms with Crippen molar-refractivity contribution < 1.29 is 9.53 Å². The van der Waals surface area contributed by atoms with Crippen LogP contribution < -0.4 is 15.4 Å². The fraction of sp³-hybridized carbons (Fsp3) is 0.0714. The molecular formula is C28H22N6O2. The molecule has 3 aromatic heterocycles. The number of anilines is 2. The lowest BCUT2D eigenvalue weighted by molar-refractivity contribution is 0.0944. The maximum absolute atomic E-state index is 12.9. The Bertz CT molecular complexity index is 1520. The van der Waals surface area contributed by atoms with Gasteiger partial charge in [0.25, 0.3) is 5.91 Å². The number of para-hydroxylation sites is 1. The highest BCUT2D eigenvalue weighted by molar-refractivity contribution is 5.96. The van der Waals surface area contributed by atoms with Gasteiger partial charge in [-0.05, 0) is 73.2 Å². The number of carbonyl (C=O) groups is 1. The minimum atomic E-state index is -0.962. The van der Waals surface area contributed by atoms with E-state index in [1.54, 1.807) is 35.2 Å². The van der Waals surface area contributed by atoms with Crippen LogP contribution in [0.2, 0.25) is 0 Å². The summed E-state index contributed by atoms with van der Waals surface area (Å²) in [4.78, 5) is 17.4. The average Bonchev–Trinajstić information content (AvgIpc) is 3.35. The second kappa shape index (κ2) is 9.99. The van der Waals surface area contributed by atoms with Gasteiger partial charge in [0.2, 0.25) is 0 Å². The summed E-state index contributed by atoms with van der Waals surface area (Å²) < 4.78 is 7.47. The van der Waals surface area contributed by atoms with Gasteiger partial charge >= 0.3 is 0 Å². The predicted molar refractivity (Wildman–Crippen MR) is 136 cm³/mol. The molecule has 1 atom stereocenters. The van der Waals surface area contributed by atoms with Crippen LogP contribution in [-0.2, 0) is 0 Å². The first-order valence-electron chi connectivity index (χ1n) is 11.3. The maximum atomic E-state index is 12.9. The van der Waals surface area contributed by atoms with E-state index >= 15 is 0 Å². The molecule has 0 aliphatic carbocycles. The zero-order chi connectivity index (χ0) is 24.9. The van der Waals surface area contributed by atoms with Crippen LogP contribution in [0.4, 0.5) is 11.4 Å². The highest BCUT2D eigenvalue weighted by Gasteiger charge is 2.22. The smallest absolute Gasteiger partial charge is 0.254 e. The van der Waals surface area contributed by atoms with Crippen LogP contribution >= 0.6 is 0 Å². The zero-order valence-electron chi connectivity index (χ0n) is 19.4. The van der Waals surface area contributed by atoms with Crippen LogP contribution in [0.3, 0.4) is 0 Å². The quantitative estimate of drug-likeness (QED) is 0.320. The zero-order valence-corrected chi connectivity index (χ0v) is 19.4. The van der Waals surface area contributed by atoms with Gasteiger partial charge in [0.05, 0.1) is 22.8 Å². The molecular weight excluding hydrogens is 452 g/mol. The summed E-state index contributed by atoms with van der Waals surface area (Å²) in [6.45, 7) is 1.92. The molecule has 1 unspecified atom stereocenters. The number of benzene rings is 2. The van der Waals surface area contributed by atoms with E-state index in [2.05, 4.69) is 26.8 Å². The van der Waals surface area contributed by atoms with Crippen LogP contribution in [0.1, 0.15) is 27.7 Å². The Morgan fingerprint density at radius 1 is 1.00 bits per heavy atom. The van der Waals surface area contributed by atoms with Gasteiger partial charge in [-0.1, -0.05) is 18.2 Å². The molecule has 176 valence electrons. The SMILES string of the molecule is Cc1ccnc(C(C#N)NC(=O)c2cc3cccnn3c2)c1Nc1ccc(Oc2ccccc2)cc1. The standard InChI is InChI=1S/C28H22N6O2/c1-19-13-15-30-27(25(17-29)33-28(35)20-16-22-6-5-14-31-34(22)18-20)26(19)32-21-9-11-24(12-10-21)36-23-7-3-2-4-8-23/h2-16,18,25,32H,1H3,(H,33,35). The van der Waals surface area contributed by atoms with Crippen LogP contribution in [0, 0.1) is 18.3 Å². The lowest BCUT2D eigenvalue weighted by atomic mass is 10.1. The van der Waals surface area contributed by atoms with E-state index in [0.717, 1.165) is 22.5 Å². The lowest BCUT2D eigenvalue weighted by Gasteiger charge is -2.18. The molecule has 8 nitrogen and oxygen atoms in total. The highest BCUT2D eigenvalue weighted by Crippen LogP contribution is 2.29. The van der Waals surface area contributed by atoms with E-state index in [9.17, 15) is 10.1 Å². The van der Waals surface area contributed by atoms with Gasteiger partial charge < -0.3 is 15.4 Å². The van der Waals surface area contributed by atoms with Gasteiger partial charge in [0.1, 0.15) is 17.2 Å². The molecule has 0 saturated carbocycles. The first-order chi connectivity index (χ1) is 17.6. The van der Waals surface area contributed by atoms with Crippen LogP contribution in [0.15, 0.2) is 97.5 Å². The van der Waals surface area contributed by atoms with Gasteiger partial charge in [-0.2, -0.15) is 10.4 Å². The summed E-state index contributed by atoms with van der Waals surface area (Å²) >= 11 is 0. The third kappa shape index (κ3) is 4.86. The Labute approximate surface area is 207 Å². The summed E-state index contributed by atoms with van der Waals surface area (Å²) in [5.41, 5.74) is 3.96. The highest BCUT2D eigenvalue weighted by atomic mass is 16.5. The minimum Gasteiger partial charge on any atom is -0.457 e. The predicted octanol–water partition coefficient (Wildman–Crippen LogP) is 5.57. The summed E-state index contributed by atoms with van der Waals surface area (Å²) in [5.74, 6) is 1.07. The number of pyridine rings is 1. The van der Waals surface area contributed by atoms with Crippen molar-refractivity contribution in [2.75, 3.05) is 5.32 Å². The van der Waals surface area contributed by atoms with Gasteiger partial charge in [0.15, 0.2) is 6.04 Å². The molecule has 36 heavy (non-hydrogen) atoms. The van der Waals surface area contributed by atoms with E-state index in [1.165, 1.54) is 0 Å². The number of nitriles is 1. The van der Waals surface area contributed by atoms with Crippen molar-refractivity contribution >= 4 is 22.8 Å². The third-order valence-corrected chi connectivity index (χ3v) is 5.60. The molecule has 0 saturated heterocycles. The van der Waals surface area contributed by atoms with Gasteiger partial charge in [-0.15, -0.1) is 0 Å². The molecule has 0 bridgehead atoms. The van der Waals surface area contributed by atoms with E-state index in [4.69, 9.17) is 4.74 Å². The summed E-state index contributed by atoms with van der Waals surface area (Å²) in [6.07, 6.45) is 4.89. The molecule has 1 amide bonds. The third-order valence-electron chi connectivity index (χ3n) is 5.60. The maximum Gasteiger partial charge on any atom is 0.254 e. The van der Waals surface area contributed by atoms with Crippen molar-refractivity contribution in [1.82, 2.24) is 19.9 Å². The molecule has 0 radical (unpaired) electrons. The van der Waals surface area contributed by atoms with E-state index in [1.807, 2.05) is 73.7 Å². The second-order valence-corrected chi connectivity index (χ2v) is 8.11. The molecule has 0 fully saturated rings. The molecule has 3 heterocycles. The number of nitrogens with zero attached hydrogens (tertiary/aromatic N) is 4. The number of aromatic nitrogens is 3. The number of rotatable bonds is 7. The minimum absolute atomic E-state index is 0.385. The summed E-state index contributed by atoms with van der Waals surface area (Å²) in [6, 6.07) is 25.4. The molecule has 0 aliphatic rings. The molecule has 0 aliphatic heterocycles. The second-order valence-electron chi connectivity index (χ2n) is 8.11. The number of amides is 1. The Kier molecular flexibility index (Phi) is 6.28. The fourth-order valence-electron chi connectivity index (χ4n) is 3.78. The number of carbonyl (C=O) groups excluding carboxylic acids is 1. The number of fused-ring (bicyclic) bond motifs is 1. The molecule has 2 N–H and O–H groups in total. The largest absolute Gasteiger partial charge is 0.457 e. The van der Waals surface area contributed by atoms with Gasteiger partial charge in [-0.3, -0.25) is 9.78 Å².